The van der Waals surface area contributed by atoms with Gasteiger partial charge in [0.15, 0.2) is 5.16 Å². The zero-order valence-corrected chi connectivity index (χ0v) is 15.3. The molecule has 3 aromatic rings. The van der Waals surface area contributed by atoms with Gasteiger partial charge in [-0.2, -0.15) is 0 Å². The minimum atomic E-state index is -0.245. The summed E-state index contributed by atoms with van der Waals surface area (Å²) in [5.41, 5.74) is 0.443. The molecule has 1 aliphatic heterocycles. The Kier molecular flexibility index (Phi) is 5.09. The molecule has 8 nitrogen and oxygen atoms in total. The molecule has 1 atom stereocenters. The van der Waals surface area contributed by atoms with Crippen LogP contribution in [0.15, 0.2) is 38.6 Å². The quantitative estimate of drug-likeness (QED) is 0.643. The highest BCUT2D eigenvalue weighted by Crippen LogP contribution is 2.28. The maximum atomic E-state index is 12.0. The maximum absolute atomic E-state index is 12.0. The first kappa shape index (κ1) is 17.3. The van der Waals surface area contributed by atoms with Crippen LogP contribution in [0.5, 0.6) is 0 Å². The van der Waals surface area contributed by atoms with Gasteiger partial charge in [-0.05, 0) is 25.0 Å². The average Bonchev–Trinajstić information content (AvgIpc) is 3.38. The Morgan fingerprint density at radius 2 is 2.23 bits per heavy atom. The number of aromatic amines is 1. The lowest BCUT2D eigenvalue weighted by Gasteiger charge is -2.10. The van der Waals surface area contributed by atoms with Crippen molar-refractivity contribution in [3.63, 3.8) is 0 Å². The van der Waals surface area contributed by atoms with E-state index >= 15 is 0 Å². The number of nitrogens with one attached hydrogen (secondary N) is 1. The van der Waals surface area contributed by atoms with Gasteiger partial charge in [-0.3, -0.25) is 4.57 Å². The predicted octanol–water partition coefficient (Wildman–Crippen LogP) is 2.75. The first-order valence-electron chi connectivity index (χ1n) is 8.17. The maximum Gasteiger partial charge on any atom is 0.344 e. The Bertz CT molecular complexity index is 947. The Balaban J connectivity index is 1.45. The molecule has 0 aliphatic carbocycles. The molecule has 4 rings (SSSR count). The van der Waals surface area contributed by atoms with Crippen LogP contribution < -0.4 is 5.69 Å². The van der Waals surface area contributed by atoms with Crippen molar-refractivity contribution in [1.82, 2.24) is 25.0 Å². The number of nitrogens with zero attached hydrogens (tertiary/aromatic N) is 4. The monoisotopic (exact) mass is 393 g/mol. The fraction of sp³-hybridized carbons (Fsp3) is 0.375. The molecule has 10 heteroatoms. The molecular weight excluding hydrogens is 378 g/mol. The van der Waals surface area contributed by atoms with Crippen LogP contribution in [0.25, 0.3) is 11.5 Å². The van der Waals surface area contributed by atoms with Gasteiger partial charge in [0.1, 0.15) is 0 Å². The SMILES string of the molecule is O=c1[nH]nc(SCc2nnc(-c3ccccc3Cl)o2)n1CC1CCCO1. The lowest BCUT2D eigenvalue weighted by molar-refractivity contribution is 0.0941. The van der Waals surface area contributed by atoms with Crippen LogP contribution >= 0.6 is 23.4 Å². The highest BCUT2D eigenvalue weighted by atomic mass is 35.5. The summed E-state index contributed by atoms with van der Waals surface area (Å²) < 4.78 is 12.9. The van der Waals surface area contributed by atoms with Gasteiger partial charge in [0.2, 0.25) is 11.8 Å². The number of H-pyrrole nitrogens is 1. The summed E-state index contributed by atoms with van der Waals surface area (Å²) in [5, 5.41) is 15.8. The summed E-state index contributed by atoms with van der Waals surface area (Å²) in [4.78, 5) is 12.0. The highest BCUT2D eigenvalue weighted by molar-refractivity contribution is 7.98. The van der Waals surface area contributed by atoms with E-state index in [0.29, 0.717) is 39.8 Å². The van der Waals surface area contributed by atoms with Crippen molar-refractivity contribution in [1.29, 1.82) is 0 Å². The van der Waals surface area contributed by atoms with Crippen LogP contribution in [0.2, 0.25) is 5.02 Å². The molecular formula is C16H16ClN5O3S. The average molecular weight is 394 g/mol. The van der Waals surface area contributed by atoms with E-state index in [-0.39, 0.29) is 11.8 Å². The number of hydrogen-bond acceptors (Lipinski definition) is 7. The topological polar surface area (TPSA) is 98.8 Å². The van der Waals surface area contributed by atoms with Crippen molar-refractivity contribution >= 4 is 23.4 Å². The van der Waals surface area contributed by atoms with E-state index in [9.17, 15) is 4.79 Å². The molecule has 0 spiro atoms. The normalized spacial score (nSPS) is 17.0. The van der Waals surface area contributed by atoms with Crippen LogP contribution in [-0.4, -0.2) is 37.7 Å². The summed E-state index contributed by atoms with van der Waals surface area (Å²) >= 11 is 7.50. The van der Waals surface area contributed by atoms with Gasteiger partial charge in [0.25, 0.3) is 0 Å². The van der Waals surface area contributed by atoms with E-state index in [1.165, 1.54) is 11.8 Å². The molecule has 1 fully saturated rings. The van der Waals surface area contributed by atoms with E-state index < -0.39 is 0 Å². The molecule has 0 amide bonds. The van der Waals surface area contributed by atoms with E-state index in [2.05, 4.69) is 20.4 Å². The zero-order valence-electron chi connectivity index (χ0n) is 13.7. The third-order valence-corrected chi connectivity index (χ3v) is 5.32. The number of benzene rings is 1. The second-order valence-electron chi connectivity index (χ2n) is 5.83. The van der Waals surface area contributed by atoms with Crippen LogP contribution in [0.3, 0.4) is 0 Å². The van der Waals surface area contributed by atoms with E-state index in [4.69, 9.17) is 20.8 Å². The lowest BCUT2D eigenvalue weighted by Crippen LogP contribution is -2.24. The Hall–Kier alpha value is -2.10. The number of rotatable bonds is 6. The summed E-state index contributed by atoms with van der Waals surface area (Å²) in [6.07, 6.45) is 2.03. The van der Waals surface area contributed by atoms with Crippen molar-refractivity contribution in [2.24, 2.45) is 0 Å². The molecule has 1 saturated heterocycles. The van der Waals surface area contributed by atoms with E-state index in [1.54, 1.807) is 10.6 Å². The Morgan fingerprint density at radius 1 is 1.35 bits per heavy atom. The highest BCUT2D eigenvalue weighted by Gasteiger charge is 2.20. The molecule has 0 saturated carbocycles. The molecule has 1 aromatic carbocycles. The molecule has 1 unspecified atom stereocenters. The molecule has 0 radical (unpaired) electrons. The lowest BCUT2D eigenvalue weighted by atomic mass is 10.2. The van der Waals surface area contributed by atoms with Crippen molar-refractivity contribution < 1.29 is 9.15 Å². The first-order valence-corrected chi connectivity index (χ1v) is 9.54. The standard InChI is InChI=1S/C16H16ClN5O3S/c17-12-6-2-1-5-11(12)14-19-18-13(25-14)9-26-16-21-20-15(23)22(16)8-10-4-3-7-24-10/h1-2,5-6,10H,3-4,7-9H2,(H,20,23). The predicted molar refractivity (Wildman–Crippen MR) is 96.1 cm³/mol. The third-order valence-electron chi connectivity index (χ3n) is 4.03. The van der Waals surface area contributed by atoms with E-state index in [0.717, 1.165) is 19.4 Å². The number of aromatic nitrogens is 5. The van der Waals surface area contributed by atoms with Gasteiger partial charge >= 0.3 is 5.69 Å². The van der Waals surface area contributed by atoms with E-state index in [1.807, 2.05) is 18.2 Å². The minimum absolute atomic E-state index is 0.0554. The fourth-order valence-electron chi connectivity index (χ4n) is 2.75. The van der Waals surface area contributed by atoms with Crippen LogP contribution in [0.4, 0.5) is 0 Å². The fourth-order valence-corrected chi connectivity index (χ4v) is 3.76. The molecule has 26 heavy (non-hydrogen) atoms. The molecule has 0 bridgehead atoms. The minimum Gasteiger partial charge on any atom is -0.420 e. The largest absolute Gasteiger partial charge is 0.420 e. The van der Waals surface area contributed by atoms with Gasteiger partial charge in [-0.25, -0.2) is 9.89 Å². The second kappa shape index (κ2) is 7.65. The number of halogens is 1. The second-order valence-corrected chi connectivity index (χ2v) is 7.18. The smallest absolute Gasteiger partial charge is 0.344 e. The molecule has 2 aromatic heterocycles. The molecule has 1 N–H and O–H groups in total. The van der Waals surface area contributed by atoms with Gasteiger partial charge in [0, 0.05) is 6.61 Å². The van der Waals surface area contributed by atoms with Crippen LogP contribution in [-0.2, 0) is 17.0 Å². The number of hydrogen-bond donors (Lipinski definition) is 1. The van der Waals surface area contributed by atoms with Crippen LogP contribution in [0.1, 0.15) is 18.7 Å². The summed E-state index contributed by atoms with van der Waals surface area (Å²) in [5.74, 6) is 1.20. The molecule has 3 heterocycles. The van der Waals surface area contributed by atoms with Crippen molar-refractivity contribution in [3.05, 3.63) is 45.7 Å². The summed E-state index contributed by atoms with van der Waals surface area (Å²) in [6, 6.07) is 7.28. The van der Waals surface area contributed by atoms with Gasteiger partial charge in [-0.1, -0.05) is 35.5 Å². The third kappa shape index (κ3) is 3.69. The van der Waals surface area contributed by atoms with Gasteiger partial charge < -0.3 is 9.15 Å². The summed E-state index contributed by atoms with van der Waals surface area (Å²) in [6.45, 7) is 1.24. The number of thioether (sulfide) groups is 1. The van der Waals surface area contributed by atoms with Gasteiger partial charge in [-0.15, -0.1) is 15.3 Å². The van der Waals surface area contributed by atoms with Crippen molar-refractivity contribution in [3.8, 4) is 11.5 Å². The Labute approximate surface area is 157 Å². The molecule has 1 aliphatic rings. The number of ether oxygens (including phenoxy) is 1. The van der Waals surface area contributed by atoms with Gasteiger partial charge in [0.05, 0.1) is 29.0 Å². The molecule has 136 valence electrons. The van der Waals surface area contributed by atoms with Crippen LogP contribution in [0, 0.1) is 0 Å². The van der Waals surface area contributed by atoms with Crippen molar-refractivity contribution in [2.45, 2.75) is 36.4 Å². The first-order chi connectivity index (χ1) is 12.7. The zero-order chi connectivity index (χ0) is 17.9. The summed E-state index contributed by atoms with van der Waals surface area (Å²) in [7, 11) is 0. The Morgan fingerprint density at radius 3 is 3.04 bits per heavy atom. The van der Waals surface area contributed by atoms with Crippen molar-refractivity contribution in [2.75, 3.05) is 6.61 Å².